The molecule has 0 radical (unpaired) electrons. The van der Waals surface area contributed by atoms with Gasteiger partial charge in [-0.15, -0.1) is 11.6 Å². The van der Waals surface area contributed by atoms with Gasteiger partial charge in [-0.25, -0.2) is 0 Å². The van der Waals surface area contributed by atoms with E-state index in [1.165, 1.54) is 0 Å². The average Bonchev–Trinajstić information content (AvgIpc) is 2.51. The number of carbonyl (C=O) groups excluding carboxylic acids is 2. The average molecular weight is 328 g/mol. The van der Waals surface area contributed by atoms with Gasteiger partial charge in [0.25, 0.3) is 0 Å². The highest BCUT2D eigenvalue weighted by Crippen LogP contribution is 2.22. The molecule has 0 aromatic heterocycles. The summed E-state index contributed by atoms with van der Waals surface area (Å²) >= 11 is 6.09. The Kier molecular flexibility index (Phi) is 7.70. The van der Waals surface area contributed by atoms with Gasteiger partial charge in [0.15, 0.2) is 0 Å². The van der Waals surface area contributed by atoms with Gasteiger partial charge < -0.3 is 20.3 Å². The van der Waals surface area contributed by atoms with Gasteiger partial charge in [0.1, 0.15) is 11.1 Å². The van der Waals surface area contributed by atoms with Gasteiger partial charge in [-0.1, -0.05) is 12.1 Å². The Hall–Kier alpha value is -1.79. The number of rotatable bonds is 8. The second-order valence-corrected chi connectivity index (χ2v) is 5.44. The summed E-state index contributed by atoms with van der Waals surface area (Å²) in [5.74, 6) is 0.0386. The maximum Gasteiger partial charge on any atom is 0.243 e. The van der Waals surface area contributed by atoms with E-state index >= 15 is 0 Å². The van der Waals surface area contributed by atoms with Gasteiger partial charge >= 0.3 is 0 Å². The predicted octanol–water partition coefficient (Wildman–Crippen LogP) is 0.769. The molecule has 7 heteroatoms. The number of nitrogens with zero attached hydrogens (tertiary/aromatic N) is 1. The number of alkyl halides is 1. The quantitative estimate of drug-likeness (QED) is 0.692. The summed E-state index contributed by atoms with van der Waals surface area (Å²) in [7, 11) is 5.40. The van der Waals surface area contributed by atoms with Crippen LogP contribution in [0.3, 0.4) is 0 Å². The Labute approximate surface area is 135 Å². The molecule has 0 aliphatic heterocycles. The molecule has 1 aromatic carbocycles. The number of amides is 2. The van der Waals surface area contributed by atoms with E-state index in [1.807, 2.05) is 19.0 Å². The van der Waals surface area contributed by atoms with E-state index in [0.29, 0.717) is 17.9 Å². The number of likely N-dealkylation sites (N-methyl/N-ethyl adjacent to an activating group) is 1. The Morgan fingerprint density at radius 2 is 1.86 bits per heavy atom. The van der Waals surface area contributed by atoms with E-state index in [4.69, 9.17) is 16.3 Å². The van der Waals surface area contributed by atoms with Crippen molar-refractivity contribution in [3.05, 3.63) is 29.8 Å². The molecule has 0 saturated carbocycles. The van der Waals surface area contributed by atoms with Crippen molar-refractivity contribution in [2.45, 2.75) is 5.38 Å². The van der Waals surface area contributed by atoms with E-state index < -0.39 is 11.3 Å². The van der Waals surface area contributed by atoms with E-state index in [0.717, 1.165) is 6.54 Å². The van der Waals surface area contributed by atoms with Crippen molar-refractivity contribution in [1.29, 1.82) is 0 Å². The van der Waals surface area contributed by atoms with Crippen LogP contribution in [0.5, 0.6) is 5.75 Å². The Morgan fingerprint density at radius 1 is 1.23 bits per heavy atom. The normalized spacial score (nSPS) is 11.9. The second-order valence-electron chi connectivity index (χ2n) is 5.01. The highest BCUT2D eigenvalue weighted by Gasteiger charge is 2.18. The first kappa shape index (κ1) is 18.3. The third kappa shape index (κ3) is 6.32. The van der Waals surface area contributed by atoms with Gasteiger partial charge in [-0.3, -0.25) is 9.59 Å². The van der Waals surface area contributed by atoms with Gasteiger partial charge in [0, 0.05) is 13.1 Å². The van der Waals surface area contributed by atoms with Gasteiger partial charge in [-0.05, 0) is 31.8 Å². The van der Waals surface area contributed by atoms with E-state index in [2.05, 4.69) is 10.6 Å². The lowest BCUT2D eigenvalue weighted by atomic mass is 10.1. The third-order valence-electron chi connectivity index (χ3n) is 2.94. The lowest BCUT2D eigenvalue weighted by molar-refractivity contribution is -0.126. The maximum absolute atomic E-state index is 11.9. The summed E-state index contributed by atoms with van der Waals surface area (Å²) in [6.07, 6.45) is 0. The Bertz CT molecular complexity index is 491. The lowest BCUT2D eigenvalue weighted by Crippen LogP contribution is -2.40. The molecule has 1 atom stereocenters. The number of ether oxygens (including phenoxy) is 1. The molecule has 0 aliphatic carbocycles. The van der Waals surface area contributed by atoms with Crippen molar-refractivity contribution in [2.75, 3.05) is 40.8 Å². The van der Waals surface area contributed by atoms with Crippen LogP contribution < -0.4 is 15.4 Å². The van der Waals surface area contributed by atoms with Gasteiger partial charge in [-0.2, -0.15) is 0 Å². The smallest absolute Gasteiger partial charge is 0.243 e. The van der Waals surface area contributed by atoms with E-state index in [-0.39, 0.29) is 12.5 Å². The molecule has 2 N–H and O–H groups in total. The SMILES string of the molecule is COc1ccc(C(Cl)C(=O)NCC(=O)NCCN(C)C)cc1. The molecule has 122 valence electrons. The van der Waals surface area contributed by atoms with Crippen LogP contribution >= 0.6 is 11.6 Å². The van der Waals surface area contributed by atoms with Crippen molar-refractivity contribution in [3.63, 3.8) is 0 Å². The molecule has 0 spiro atoms. The lowest BCUT2D eigenvalue weighted by Gasteiger charge is -2.13. The van der Waals surface area contributed by atoms with Crippen LogP contribution in [-0.2, 0) is 9.59 Å². The minimum atomic E-state index is -0.847. The first-order valence-corrected chi connectivity index (χ1v) is 7.35. The van der Waals surface area contributed by atoms with E-state index in [1.54, 1.807) is 31.4 Å². The number of benzene rings is 1. The van der Waals surface area contributed by atoms with Gasteiger partial charge in [0.05, 0.1) is 13.7 Å². The number of halogens is 1. The molecule has 0 bridgehead atoms. The molecule has 22 heavy (non-hydrogen) atoms. The minimum Gasteiger partial charge on any atom is -0.497 e. The summed E-state index contributed by atoms with van der Waals surface area (Å²) in [6, 6.07) is 6.89. The van der Waals surface area contributed by atoms with Gasteiger partial charge in [0.2, 0.25) is 11.8 Å². The first-order chi connectivity index (χ1) is 10.4. The molecule has 0 fully saturated rings. The molecule has 1 unspecified atom stereocenters. The largest absolute Gasteiger partial charge is 0.497 e. The van der Waals surface area contributed by atoms with Crippen LogP contribution in [0.1, 0.15) is 10.9 Å². The Morgan fingerprint density at radius 3 is 2.41 bits per heavy atom. The third-order valence-corrected chi connectivity index (χ3v) is 3.39. The topological polar surface area (TPSA) is 70.7 Å². The number of hydrogen-bond donors (Lipinski definition) is 2. The van der Waals surface area contributed by atoms with Crippen molar-refractivity contribution >= 4 is 23.4 Å². The summed E-state index contributed by atoms with van der Waals surface area (Å²) in [4.78, 5) is 25.4. The fourth-order valence-corrected chi connectivity index (χ4v) is 1.89. The zero-order valence-corrected chi connectivity index (χ0v) is 13.8. The summed E-state index contributed by atoms with van der Waals surface area (Å²) in [5.41, 5.74) is 0.646. The number of hydrogen-bond acceptors (Lipinski definition) is 4. The number of carbonyl (C=O) groups is 2. The fourth-order valence-electron chi connectivity index (χ4n) is 1.66. The molecular weight excluding hydrogens is 306 g/mol. The zero-order chi connectivity index (χ0) is 16.5. The molecule has 0 heterocycles. The molecule has 6 nitrogen and oxygen atoms in total. The molecular formula is C15H22ClN3O3. The van der Waals surface area contributed by atoms with Crippen molar-refractivity contribution in [3.8, 4) is 5.75 Å². The molecule has 0 aliphatic rings. The monoisotopic (exact) mass is 327 g/mol. The predicted molar refractivity (Wildman–Crippen MR) is 86.2 cm³/mol. The van der Waals surface area contributed by atoms with Crippen LogP contribution in [-0.4, -0.2) is 57.6 Å². The van der Waals surface area contributed by atoms with E-state index in [9.17, 15) is 9.59 Å². The van der Waals surface area contributed by atoms with Crippen molar-refractivity contribution in [1.82, 2.24) is 15.5 Å². The standard InChI is InChI=1S/C15H22ClN3O3/c1-19(2)9-8-17-13(20)10-18-15(21)14(16)11-4-6-12(22-3)7-5-11/h4-7,14H,8-10H2,1-3H3,(H,17,20)(H,18,21). The Balaban J connectivity index is 2.38. The number of methoxy groups -OCH3 is 1. The molecule has 0 saturated heterocycles. The minimum absolute atomic E-state index is 0.0916. The summed E-state index contributed by atoms with van der Waals surface area (Å²) in [5, 5.41) is 4.38. The summed E-state index contributed by atoms with van der Waals surface area (Å²) in [6.45, 7) is 1.18. The van der Waals surface area contributed by atoms with Crippen molar-refractivity contribution in [2.24, 2.45) is 0 Å². The second kappa shape index (κ2) is 9.27. The number of nitrogens with one attached hydrogen (secondary N) is 2. The van der Waals surface area contributed by atoms with Crippen LogP contribution in [0.2, 0.25) is 0 Å². The summed E-state index contributed by atoms with van der Waals surface area (Å²) < 4.78 is 5.04. The van der Waals surface area contributed by atoms with Crippen LogP contribution in [0.25, 0.3) is 0 Å². The molecule has 2 amide bonds. The maximum atomic E-state index is 11.9. The molecule has 1 aromatic rings. The first-order valence-electron chi connectivity index (χ1n) is 6.91. The molecule has 1 rings (SSSR count). The zero-order valence-electron chi connectivity index (χ0n) is 13.1. The van der Waals surface area contributed by atoms with Crippen LogP contribution in [0, 0.1) is 0 Å². The van der Waals surface area contributed by atoms with Crippen molar-refractivity contribution < 1.29 is 14.3 Å². The van der Waals surface area contributed by atoms with Crippen LogP contribution in [0.4, 0.5) is 0 Å². The highest BCUT2D eigenvalue weighted by molar-refractivity contribution is 6.30. The fraction of sp³-hybridized carbons (Fsp3) is 0.467. The van der Waals surface area contributed by atoms with Crippen LogP contribution in [0.15, 0.2) is 24.3 Å². The highest BCUT2D eigenvalue weighted by atomic mass is 35.5.